The predicted molar refractivity (Wildman–Crippen MR) is 208 cm³/mol. The molecule has 3 heteroatoms. The van der Waals surface area contributed by atoms with Crippen LogP contribution in [0.4, 0.5) is 0 Å². The summed E-state index contributed by atoms with van der Waals surface area (Å²) in [6.07, 6.45) is 6.90. The van der Waals surface area contributed by atoms with Crippen LogP contribution in [0.2, 0.25) is 0 Å². The highest BCUT2D eigenvalue weighted by Crippen LogP contribution is 2.49. The zero-order valence-electron chi connectivity index (χ0n) is 26.6. The largest absolute Gasteiger partial charge is 0.245 e. The second kappa shape index (κ2) is 10.3. The summed E-state index contributed by atoms with van der Waals surface area (Å²) >= 11 is 1.94. The van der Waals surface area contributed by atoms with Gasteiger partial charge in [0.05, 0.1) is 22.4 Å². The van der Waals surface area contributed by atoms with Crippen molar-refractivity contribution >= 4 is 60.1 Å². The molecule has 0 fully saturated rings. The van der Waals surface area contributed by atoms with E-state index in [4.69, 9.17) is 9.97 Å². The number of allylic oxidation sites excluding steroid dienone is 1. The first-order valence-electron chi connectivity index (χ1n) is 17.0. The first-order valence-corrected chi connectivity index (χ1v) is 17.8. The molecule has 6 aromatic carbocycles. The molecule has 0 N–H and O–H groups in total. The molecule has 11 rings (SSSR count). The third kappa shape index (κ3) is 4.06. The zero-order chi connectivity index (χ0) is 32.1. The Morgan fingerprint density at radius 1 is 0.490 bits per heavy atom. The van der Waals surface area contributed by atoms with Crippen molar-refractivity contribution in [1.82, 2.24) is 9.97 Å². The van der Waals surface area contributed by atoms with Crippen LogP contribution in [-0.2, 0) is 6.42 Å². The molecule has 228 valence electrons. The molecule has 0 spiro atoms. The Bertz CT molecular complexity index is 2860. The first kappa shape index (κ1) is 27.1. The first-order chi connectivity index (χ1) is 24.3. The number of aryl methyl sites for hydroxylation is 1. The lowest BCUT2D eigenvalue weighted by atomic mass is 9.96. The van der Waals surface area contributed by atoms with Crippen LogP contribution >= 0.6 is 11.3 Å². The summed E-state index contributed by atoms with van der Waals surface area (Å²) in [6, 6.07) is 48.6. The van der Waals surface area contributed by atoms with E-state index in [2.05, 4.69) is 146 Å². The average Bonchev–Trinajstić information content (AvgIpc) is 3.71. The summed E-state index contributed by atoms with van der Waals surface area (Å²) < 4.78 is 1.37. The number of aromatic nitrogens is 2. The van der Waals surface area contributed by atoms with Gasteiger partial charge in [-0.3, -0.25) is 0 Å². The maximum atomic E-state index is 5.34. The summed E-state index contributed by atoms with van der Waals surface area (Å²) in [5, 5.41) is 6.10. The molecular weight excluding hydrogens is 613 g/mol. The number of pyridine rings is 2. The standard InChI is InChI=1S/C46H28N2S/c1-2-10-33-32(9-1)36-12-6-13-37-34(20-21-38(33)44(36)37)41-23-18-28-16-15-27-17-22-40(47-45(27)46(28)48-41)31-8-5-7-29(25-31)30-19-24-43-39(26-30)35-11-3-4-14-42(35)49-43/h1-3,5-13,15-26H,4,14H2. The average molecular weight is 641 g/mol. The molecule has 2 aliphatic rings. The smallest absolute Gasteiger partial charge is 0.0972 e. The number of fused-ring (bicyclic) bond motifs is 9. The molecule has 0 bridgehead atoms. The van der Waals surface area contributed by atoms with Crippen molar-refractivity contribution in [2.45, 2.75) is 12.8 Å². The van der Waals surface area contributed by atoms with Gasteiger partial charge in [0.1, 0.15) is 0 Å². The Kier molecular flexibility index (Phi) is 5.69. The van der Waals surface area contributed by atoms with E-state index in [0.717, 1.165) is 57.2 Å². The van der Waals surface area contributed by atoms with Gasteiger partial charge in [0.25, 0.3) is 0 Å². The quantitative estimate of drug-likeness (QED) is 0.180. The number of hydrogen-bond acceptors (Lipinski definition) is 3. The molecule has 0 saturated heterocycles. The van der Waals surface area contributed by atoms with Crippen LogP contribution < -0.4 is 0 Å². The summed E-state index contributed by atoms with van der Waals surface area (Å²) in [5.41, 5.74) is 15.1. The molecule has 0 aliphatic heterocycles. The summed E-state index contributed by atoms with van der Waals surface area (Å²) in [7, 11) is 0. The SMILES string of the molecule is C1=Cc2c(sc3ccc(-c4cccc(-c5ccc6ccc7ccc(-c8ccc9c%10c(cccc8%10)-c8ccccc8-9)nc7c6n5)c4)cc23)CC1. The Balaban J connectivity index is 1.03. The third-order valence-electron chi connectivity index (χ3n) is 10.5. The van der Waals surface area contributed by atoms with Crippen LogP contribution in [0.5, 0.6) is 0 Å². The molecule has 0 radical (unpaired) electrons. The fraction of sp³-hybridized carbons (Fsp3) is 0.0435. The zero-order valence-corrected chi connectivity index (χ0v) is 27.4. The highest BCUT2D eigenvalue weighted by molar-refractivity contribution is 7.19. The summed E-state index contributed by atoms with van der Waals surface area (Å²) in [4.78, 5) is 12.2. The van der Waals surface area contributed by atoms with Crippen LogP contribution in [0.3, 0.4) is 0 Å². The number of thiophene rings is 1. The Morgan fingerprint density at radius 2 is 1.16 bits per heavy atom. The van der Waals surface area contributed by atoms with Gasteiger partial charge in [-0.2, -0.15) is 0 Å². The van der Waals surface area contributed by atoms with Crippen molar-refractivity contribution in [3.8, 4) is 55.9 Å². The molecule has 3 heterocycles. The predicted octanol–water partition coefficient (Wildman–Crippen LogP) is 12.8. The maximum Gasteiger partial charge on any atom is 0.0972 e. The van der Waals surface area contributed by atoms with Gasteiger partial charge < -0.3 is 0 Å². The fourth-order valence-corrected chi connectivity index (χ4v) is 9.29. The van der Waals surface area contributed by atoms with E-state index in [1.165, 1.54) is 64.7 Å². The molecule has 9 aromatic rings. The molecule has 0 amide bonds. The van der Waals surface area contributed by atoms with E-state index in [9.17, 15) is 0 Å². The second-order valence-electron chi connectivity index (χ2n) is 13.2. The van der Waals surface area contributed by atoms with Crippen LogP contribution in [0, 0.1) is 0 Å². The van der Waals surface area contributed by atoms with E-state index in [-0.39, 0.29) is 0 Å². The van der Waals surface area contributed by atoms with Crippen LogP contribution in [0.1, 0.15) is 16.9 Å². The lowest BCUT2D eigenvalue weighted by Crippen LogP contribution is -1.92. The van der Waals surface area contributed by atoms with Crippen molar-refractivity contribution in [3.63, 3.8) is 0 Å². The topological polar surface area (TPSA) is 25.8 Å². The van der Waals surface area contributed by atoms with E-state index in [1.54, 1.807) is 0 Å². The van der Waals surface area contributed by atoms with E-state index < -0.39 is 0 Å². The number of rotatable bonds is 3. The van der Waals surface area contributed by atoms with Crippen molar-refractivity contribution in [2.24, 2.45) is 0 Å². The van der Waals surface area contributed by atoms with E-state index >= 15 is 0 Å². The second-order valence-corrected chi connectivity index (χ2v) is 14.3. The Morgan fingerprint density at radius 3 is 2.02 bits per heavy atom. The van der Waals surface area contributed by atoms with Gasteiger partial charge in [0.2, 0.25) is 0 Å². The molecule has 49 heavy (non-hydrogen) atoms. The summed E-state index contributed by atoms with van der Waals surface area (Å²) in [6.45, 7) is 0. The lowest BCUT2D eigenvalue weighted by Gasteiger charge is -2.11. The monoisotopic (exact) mass is 640 g/mol. The molecule has 3 aromatic heterocycles. The molecule has 0 unspecified atom stereocenters. The van der Waals surface area contributed by atoms with Gasteiger partial charge in [-0.1, -0.05) is 115 Å². The Hall–Kier alpha value is -5.90. The van der Waals surface area contributed by atoms with Crippen molar-refractivity contribution in [2.75, 3.05) is 0 Å². The van der Waals surface area contributed by atoms with Gasteiger partial charge in [0.15, 0.2) is 0 Å². The number of nitrogens with zero attached hydrogens (tertiary/aromatic N) is 2. The lowest BCUT2D eigenvalue weighted by molar-refractivity contribution is 1.02. The third-order valence-corrected chi connectivity index (χ3v) is 11.7. The van der Waals surface area contributed by atoms with Gasteiger partial charge in [-0.25, -0.2) is 9.97 Å². The Labute approximate surface area is 287 Å². The minimum absolute atomic E-state index is 0.929. The number of benzene rings is 6. The highest BCUT2D eigenvalue weighted by atomic mass is 32.1. The maximum absolute atomic E-state index is 5.34. The highest BCUT2D eigenvalue weighted by Gasteiger charge is 2.22. The molecule has 0 saturated carbocycles. The van der Waals surface area contributed by atoms with E-state index in [1.807, 2.05) is 11.3 Å². The van der Waals surface area contributed by atoms with Crippen molar-refractivity contribution < 1.29 is 0 Å². The molecule has 2 nitrogen and oxygen atoms in total. The van der Waals surface area contributed by atoms with Gasteiger partial charge >= 0.3 is 0 Å². The normalized spacial score (nSPS) is 13.1. The van der Waals surface area contributed by atoms with Gasteiger partial charge in [-0.05, 0) is 92.9 Å². The fourth-order valence-electron chi connectivity index (χ4n) is 8.10. The summed E-state index contributed by atoms with van der Waals surface area (Å²) in [5.74, 6) is 0. The van der Waals surface area contributed by atoms with Gasteiger partial charge in [0, 0.05) is 36.9 Å². The number of hydrogen-bond donors (Lipinski definition) is 0. The van der Waals surface area contributed by atoms with E-state index in [0.29, 0.717) is 0 Å². The van der Waals surface area contributed by atoms with Crippen LogP contribution in [-0.4, -0.2) is 9.97 Å². The van der Waals surface area contributed by atoms with Crippen molar-refractivity contribution in [3.05, 3.63) is 150 Å². The molecule has 2 aliphatic carbocycles. The molecular formula is C46H28N2S. The van der Waals surface area contributed by atoms with Crippen LogP contribution in [0.25, 0.3) is 105 Å². The minimum Gasteiger partial charge on any atom is -0.245 e. The van der Waals surface area contributed by atoms with Crippen LogP contribution in [0.15, 0.2) is 140 Å². The van der Waals surface area contributed by atoms with Crippen molar-refractivity contribution in [1.29, 1.82) is 0 Å². The minimum atomic E-state index is 0.929. The van der Waals surface area contributed by atoms with Gasteiger partial charge in [-0.15, -0.1) is 11.3 Å². The molecule has 0 atom stereocenters.